The standard InChI is InChI=1S/C6H2ClN3O4S/c7-15(13,14)4-2-1-3(11)6(12)5(4)9-10-8/h1-2H. The van der Waals surface area contributed by atoms with E-state index < -0.39 is 31.2 Å². The second-order valence-electron chi connectivity index (χ2n) is 2.37. The first kappa shape index (κ1) is 11.4. The third kappa shape index (κ3) is 2.24. The lowest BCUT2D eigenvalue weighted by molar-refractivity contribution is -0.131. The molecule has 9 heteroatoms. The number of allylic oxidation sites excluding steroid dienone is 3. The summed E-state index contributed by atoms with van der Waals surface area (Å²) < 4.78 is 21.9. The fourth-order valence-electron chi connectivity index (χ4n) is 0.871. The molecule has 0 aromatic heterocycles. The van der Waals surface area contributed by atoms with E-state index in [4.69, 9.17) is 16.2 Å². The van der Waals surface area contributed by atoms with Crippen LogP contribution in [0, 0.1) is 0 Å². The number of nitrogens with zero attached hydrogens (tertiary/aromatic N) is 3. The predicted molar refractivity (Wildman–Crippen MR) is 50.1 cm³/mol. The molecule has 0 saturated heterocycles. The maximum atomic E-state index is 11.1. The first-order valence-electron chi connectivity index (χ1n) is 3.38. The van der Waals surface area contributed by atoms with E-state index in [1.54, 1.807) is 0 Å². The first-order valence-corrected chi connectivity index (χ1v) is 5.69. The van der Waals surface area contributed by atoms with Crippen molar-refractivity contribution in [3.8, 4) is 0 Å². The highest BCUT2D eigenvalue weighted by atomic mass is 35.7. The van der Waals surface area contributed by atoms with E-state index in [0.29, 0.717) is 0 Å². The molecule has 0 N–H and O–H groups in total. The molecule has 7 nitrogen and oxygen atoms in total. The van der Waals surface area contributed by atoms with Crippen molar-refractivity contribution in [1.29, 1.82) is 0 Å². The highest BCUT2D eigenvalue weighted by Crippen LogP contribution is 2.23. The molecule has 0 amide bonds. The summed E-state index contributed by atoms with van der Waals surface area (Å²) in [6.45, 7) is 0. The summed E-state index contributed by atoms with van der Waals surface area (Å²) in [5.74, 6) is -2.17. The minimum atomic E-state index is -4.23. The van der Waals surface area contributed by atoms with Crippen LogP contribution in [0.5, 0.6) is 0 Å². The molecular formula is C6H2ClN3O4S. The van der Waals surface area contributed by atoms with Gasteiger partial charge in [-0.25, -0.2) is 8.42 Å². The Morgan fingerprint density at radius 2 is 1.93 bits per heavy atom. The number of rotatable bonds is 2. The zero-order chi connectivity index (χ0) is 11.6. The van der Waals surface area contributed by atoms with Gasteiger partial charge in [0.2, 0.25) is 11.6 Å². The molecule has 0 fully saturated rings. The average molecular weight is 248 g/mol. The second kappa shape index (κ2) is 3.85. The molecular weight excluding hydrogens is 246 g/mol. The van der Waals surface area contributed by atoms with Crippen LogP contribution in [0.2, 0.25) is 0 Å². The Morgan fingerprint density at radius 3 is 2.40 bits per heavy atom. The van der Waals surface area contributed by atoms with Crippen LogP contribution in [-0.4, -0.2) is 20.0 Å². The van der Waals surface area contributed by atoms with E-state index in [2.05, 4.69) is 10.0 Å². The summed E-state index contributed by atoms with van der Waals surface area (Å²) in [7, 11) is 0.745. The number of Topliss-reactive ketones (excluding diaryl/α,β-unsaturated/α-hetero) is 1. The molecule has 0 unspecified atom stereocenters. The Bertz CT molecular complexity index is 553. The highest BCUT2D eigenvalue weighted by Gasteiger charge is 2.28. The van der Waals surface area contributed by atoms with Gasteiger partial charge in [0.15, 0.2) is 0 Å². The van der Waals surface area contributed by atoms with Gasteiger partial charge < -0.3 is 0 Å². The van der Waals surface area contributed by atoms with Crippen LogP contribution in [0.1, 0.15) is 0 Å². The average Bonchev–Trinajstić information content (AvgIpc) is 2.11. The van der Waals surface area contributed by atoms with Gasteiger partial charge in [0.1, 0.15) is 5.70 Å². The van der Waals surface area contributed by atoms with Crippen molar-refractivity contribution >= 4 is 31.3 Å². The molecule has 0 bridgehead atoms. The summed E-state index contributed by atoms with van der Waals surface area (Å²) in [5.41, 5.74) is 7.30. The lowest BCUT2D eigenvalue weighted by Crippen LogP contribution is -2.19. The molecule has 15 heavy (non-hydrogen) atoms. The monoisotopic (exact) mass is 247 g/mol. The molecule has 0 radical (unpaired) electrons. The van der Waals surface area contributed by atoms with E-state index in [0.717, 1.165) is 12.2 Å². The molecule has 0 aliphatic heterocycles. The van der Waals surface area contributed by atoms with E-state index in [1.807, 2.05) is 0 Å². The van der Waals surface area contributed by atoms with Gasteiger partial charge in [0, 0.05) is 15.6 Å². The first-order chi connectivity index (χ1) is 6.88. The number of hydrogen-bond donors (Lipinski definition) is 0. The topological polar surface area (TPSA) is 117 Å². The third-order valence-electron chi connectivity index (χ3n) is 1.47. The number of carbonyl (C=O) groups is 2. The van der Waals surface area contributed by atoms with Crippen LogP contribution in [-0.2, 0) is 18.6 Å². The van der Waals surface area contributed by atoms with Crippen molar-refractivity contribution < 1.29 is 18.0 Å². The van der Waals surface area contributed by atoms with E-state index in [-0.39, 0.29) is 0 Å². The largest absolute Gasteiger partial charge is 0.286 e. The highest BCUT2D eigenvalue weighted by molar-refractivity contribution is 8.17. The van der Waals surface area contributed by atoms with E-state index in [9.17, 15) is 18.0 Å². The molecule has 0 spiro atoms. The molecule has 1 aliphatic rings. The molecule has 1 rings (SSSR count). The fraction of sp³-hybridized carbons (Fsp3) is 0. The predicted octanol–water partition coefficient (Wildman–Crippen LogP) is 0.785. The van der Waals surface area contributed by atoms with Gasteiger partial charge in [-0.05, 0) is 17.7 Å². The third-order valence-corrected chi connectivity index (χ3v) is 2.82. The van der Waals surface area contributed by atoms with Gasteiger partial charge >= 0.3 is 0 Å². The van der Waals surface area contributed by atoms with Crippen LogP contribution in [0.25, 0.3) is 10.4 Å². The Hall–Kier alpha value is -1.63. The number of hydrogen-bond acceptors (Lipinski definition) is 5. The summed E-state index contributed by atoms with van der Waals surface area (Å²) >= 11 is 0. The maximum absolute atomic E-state index is 11.1. The summed E-state index contributed by atoms with van der Waals surface area (Å²) in [5, 5.41) is 2.84. The summed E-state index contributed by atoms with van der Waals surface area (Å²) in [6, 6.07) is 0. The number of azide groups is 1. The quantitative estimate of drug-likeness (QED) is 0.179. The number of ketones is 2. The SMILES string of the molecule is [N-]=[N+]=NC1=C(S(=O)(=O)Cl)C=CC(=O)C1=O. The number of halogens is 1. The minimum Gasteiger partial charge on any atom is -0.286 e. The van der Waals surface area contributed by atoms with Crippen LogP contribution in [0.15, 0.2) is 27.9 Å². The molecule has 1 aliphatic carbocycles. The van der Waals surface area contributed by atoms with Crippen LogP contribution < -0.4 is 0 Å². The zero-order valence-electron chi connectivity index (χ0n) is 6.92. The molecule has 0 aromatic rings. The minimum absolute atomic E-state index is 0.674. The smallest absolute Gasteiger partial charge is 0.261 e. The molecule has 0 saturated carbocycles. The van der Waals surface area contributed by atoms with Crippen LogP contribution in [0.3, 0.4) is 0 Å². The molecule has 78 valence electrons. The Labute approximate surface area is 88.1 Å². The number of carbonyl (C=O) groups excluding carboxylic acids is 2. The maximum Gasteiger partial charge on any atom is 0.261 e. The Kier molecular flexibility index (Phi) is 2.94. The van der Waals surface area contributed by atoms with Crippen molar-refractivity contribution in [1.82, 2.24) is 0 Å². The van der Waals surface area contributed by atoms with Crippen molar-refractivity contribution in [3.63, 3.8) is 0 Å². The molecule has 0 heterocycles. The lowest BCUT2D eigenvalue weighted by Gasteiger charge is -2.06. The summed E-state index contributed by atoms with van der Waals surface area (Å²) in [6.07, 6.45) is 1.56. The summed E-state index contributed by atoms with van der Waals surface area (Å²) in [4.78, 5) is 23.6. The van der Waals surface area contributed by atoms with Gasteiger partial charge in [-0.3, -0.25) is 9.59 Å². The molecule has 0 atom stereocenters. The zero-order valence-corrected chi connectivity index (χ0v) is 8.49. The van der Waals surface area contributed by atoms with Gasteiger partial charge in [0.25, 0.3) is 9.05 Å². The fourth-order valence-corrected chi connectivity index (χ4v) is 1.84. The Morgan fingerprint density at radius 1 is 1.33 bits per heavy atom. The lowest BCUT2D eigenvalue weighted by atomic mass is 10.1. The van der Waals surface area contributed by atoms with Gasteiger partial charge in [-0.2, -0.15) is 0 Å². The second-order valence-corrected chi connectivity index (χ2v) is 4.90. The van der Waals surface area contributed by atoms with Gasteiger partial charge in [-0.1, -0.05) is 5.11 Å². The normalized spacial score (nSPS) is 16.6. The van der Waals surface area contributed by atoms with Crippen molar-refractivity contribution in [2.45, 2.75) is 0 Å². The van der Waals surface area contributed by atoms with E-state index in [1.165, 1.54) is 0 Å². The van der Waals surface area contributed by atoms with Crippen LogP contribution >= 0.6 is 10.7 Å². The van der Waals surface area contributed by atoms with Gasteiger partial charge in [-0.15, -0.1) is 0 Å². The Balaban J connectivity index is 3.56. The van der Waals surface area contributed by atoms with Crippen molar-refractivity contribution in [2.24, 2.45) is 5.11 Å². The molecule has 0 aromatic carbocycles. The van der Waals surface area contributed by atoms with Gasteiger partial charge in [0.05, 0.1) is 4.91 Å². The van der Waals surface area contributed by atoms with Crippen molar-refractivity contribution in [2.75, 3.05) is 0 Å². The van der Waals surface area contributed by atoms with Crippen molar-refractivity contribution in [3.05, 3.63) is 33.2 Å². The van der Waals surface area contributed by atoms with E-state index >= 15 is 0 Å². The van der Waals surface area contributed by atoms with Crippen LogP contribution in [0.4, 0.5) is 0 Å².